The number of hydrogen-bond acceptors (Lipinski definition) is 2. The largest absolute Gasteiger partial charge is 0.445 e. The molecule has 1 aromatic rings. The summed E-state index contributed by atoms with van der Waals surface area (Å²) in [6.07, 6.45) is 1.57. The second-order valence-corrected chi connectivity index (χ2v) is 4.29. The summed E-state index contributed by atoms with van der Waals surface area (Å²) < 4.78 is 5.28. The Bertz CT molecular complexity index is 375. The number of amides is 1. The number of carbonyl (C=O) groups excluding carboxylic acids is 1. The minimum atomic E-state index is -0.268. The van der Waals surface area contributed by atoms with Crippen LogP contribution in [0.15, 0.2) is 43.0 Å². The van der Waals surface area contributed by atoms with Gasteiger partial charge in [-0.25, -0.2) is 4.79 Å². The van der Waals surface area contributed by atoms with Gasteiger partial charge in [-0.1, -0.05) is 43.3 Å². The third kappa shape index (κ3) is 4.62. The van der Waals surface area contributed by atoms with Gasteiger partial charge in [-0.05, 0) is 18.4 Å². The van der Waals surface area contributed by atoms with Crippen molar-refractivity contribution >= 4 is 6.09 Å². The van der Waals surface area contributed by atoms with Gasteiger partial charge in [-0.15, -0.1) is 6.58 Å². The fraction of sp³-hybridized carbons (Fsp3) is 0.400. The monoisotopic (exact) mass is 247 g/mol. The lowest BCUT2D eigenvalue weighted by Crippen LogP contribution is -2.34. The van der Waals surface area contributed by atoms with Crippen molar-refractivity contribution in [2.24, 2.45) is 5.92 Å². The highest BCUT2D eigenvalue weighted by molar-refractivity contribution is 5.67. The van der Waals surface area contributed by atoms with Crippen LogP contribution >= 0.6 is 0 Å². The fourth-order valence-corrected chi connectivity index (χ4v) is 1.57. The van der Waals surface area contributed by atoms with Gasteiger partial charge in [-0.2, -0.15) is 0 Å². The van der Waals surface area contributed by atoms with Crippen LogP contribution in [0.5, 0.6) is 0 Å². The Morgan fingerprint density at radius 1 is 1.44 bits per heavy atom. The molecule has 98 valence electrons. The fourth-order valence-electron chi connectivity index (χ4n) is 1.57. The minimum absolute atomic E-state index is 0.268. The molecule has 0 saturated carbocycles. The molecule has 0 aliphatic rings. The zero-order valence-corrected chi connectivity index (χ0v) is 11.1. The highest BCUT2D eigenvalue weighted by atomic mass is 16.6. The van der Waals surface area contributed by atoms with Crippen LogP contribution in [0.1, 0.15) is 19.4 Å². The Kier molecular flexibility index (Phi) is 5.98. The number of ether oxygens (including phenoxy) is 1. The molecule has 3 nitrogen and oxygen atoms in total. The summed E-state index contributed by atoms with van der Waals surface area (Å²) >= 11 is 0. The molecule has 0 aromatic heterocycles. The van der Waals surface area contributed by atoms with Crippen LogP contribution in [0.4, 0.5) is 4.79 Å². The SMILES string of the molecule is C=CC(C)CN(CC)C(=O)OCc1ccccc1. The van der Waals surface area contributed by atoms with Gasteiger partial charge in [0.1, 0.15) is 6.61 Å². The van der Waals surface area contributed by atoms with Crippen molar-refractivity contribution in [3.63, 3.8) is 0 Å². The minimum Gasteiger partial charge on any atom is -0.445 e. The van der Waals surface area contributed by atoms with Crippen LogP contribution in [-0.4, -0.2) is 24.1 Å². The maximum absolute atomic E-state index is 11.9. The van der Waals surface area contributed by atoms with Gasteiger partial charge in [0, 0.05) is 13.1 Å². The molecule has 0 radical (unpaired) electrons. The molecule has 1 atom stereocenters. The Labute approximate surface area is 109 Å². The molecule has 1 rings (SSSR count). The first-order valence-corrected chi connectivity index (χ1v) is 6.25. The molecule has 0 spiro atoms. The van der Waals surface area contributed by atoms with Crippen molar-refractivity contribution in [1.29, 1.82) is 0 Å². The summed E-state index contributed by atoms with van der Waals surface area (Å²) in [5, 5.41) is 0. The van der Waals surface area contributed by atoms with Crippen LogP contribution in [0.25, 0.3) is 0 Å². The summed E-state index contributed by atoms with van der Waals surface area (Å²) in [6, 6.07) is 9.68. The molecule has 1 unspecified atom stereocenters. The molecular formula is C15H21NO2. The summed E-state index contributed by atoms with van der Waals surface area (Å²) in [7, 11) is 0. The quantitative estimate of drug-likeness (QED) is 0.720. The lowest BCUT2D eigenvalue weighted by molar-refractivity contribution is 0.0952. The van der Waals surface area contributed by atoms with Gasteiger partial charge in [0.15, 0.2) is 0 Å². The van der Waals surface area contributed by atoms with E-state index in [4.69, 9.17) is 4.74 Å². The molecule has 1 aromatic carbocycles. The van der Waals surface area contributed by atoms with Gasteiger partial charge in [0.05, 0.1) is 0 Å². The Morgan fingerprint density at radius 2 is 2.11 bits per heavy atom. The lowest BCUT2D eigenvalue weighted by Gasteiger charge is -2.22. The molecule has 0 bridgehead atoms. The summed E-state index contributed by atoms with van der Waals surface area (Å²) in [4.78, 5) is 13.6. The summed E-state index contributed by atoms with van der Waals surface area (Å²) in [5.74, 6) is 0.272. The van der Waals surface area contributed by atoms with Crippen molar-refractivity contribution in [3.8, 4) is 0 Å². The standard InChI is InChI=1S/C15H21NO2/c1-4-13(3)11-16(5-2)15(17)18-12-14-9-7-6-8-10-14/h4,6-10,13H,1,5,11-12H2,2-3H3. The van der Waals surface area contributed by atoms with E-state index in [2.05, 4.69) is 6.58 Å². The molecule has 0 aliphatic heterocycles. The van der Waals surface area contributed by atoms with Gasteiger partial charge < -0.3 is 9.64 Å². The van der Waals surface area contributed by atoms with Crippen LogP contribution in [0, 0.1) is 5.92 Å². The Balaban J connectivity index is 2.45. The Morgan fingerprint density at radius 3 is 2.67 bits per heavy atom. The first-order chi connectivity index (χ1) is 8.67. The van der Waals surface area contributed by atoms with E-state index in [-0.39, 0.29) is 12.0 Å². The topological polar surface area (TPSA) is 29.5 Å². The van der Waals surface area contributed by atoms with E-state index >= 15 is 0 Å². The van der Waals surface area contributed by atoms with E-state index in [1.165, 1.54) is 0 Å². The second-order valence-electron chi connectivity index (χ2n) is 4.29. The summed E-state index contributed by atoms with van der Waals surface area (Å²) in [5.41, 5.74) is 0.999. The molecule has 0 N–H and O–H groups in total. The Hall–Kier alpha value is -1.77. The van der Waals surface area contributed by atoms with Crippen molar-refractivity contribution < 1.29 is 9.53 Å². The number of hydrogen-bond donors (Lipinski definition) is 0. The average molecular weight is 247 g/mol. The smallest absolute Gasteiger partial charge is 0.410 e. The number of nitrogens with zero attached hydrogens (tertiary/aromatic N) is 1. The van der Waals surface area contributed by atoms with Gasteiger partial charge in [-0.3, -0.25) is 0 Å². The molecule has 3 heteroatoms. The van der Waals surface area contributed by atoms with E-state index in [1.807, 2.05) is 50.3 Å². The number of benzene rings is 1. The van der Waals surface area contributed by atoms with E-state index in [9.17, 15) is 4.79 Å². The molecule has 0 aliphatic carbocycles. The third-order valence-corrected chi connectivity index (χ3v) is 2.76. The average Bonchev–Trinajstić information content (AvgIpc) is 2.42. The van der Waals surface area contributed by atoms with Crippen LogP contribution in [0.3, 0.4) is 0 Å². The zero-order valence-electron chi connectivity index (χ0n) is 11.1. The van der Waals surface area contributed by atoms with Crippen molar-refractivity contribution in [2.45, 2.75) is 20.5 Å². The van der Waals surface area contributed by atoms with Crippen LogP contribution < -0.4 is 0 Å². The summed E-state index contributed by atoms with van der Waals surface area (Å²) in [6.45, 7) is 9.30. The predicted molar refractivity (Wildman–Crippen MR) is 73.2 cm³/mol. The highest BCUT2D eigenvalue weighted by Gasteiger charge is 2.14. The zero-order chi connectivity index (χ0) is 13.4. The molecule has 0 fully saturated rings. The molecule has 0 saturated heterocycles. The second kappa shape index (κ2) is 7.54. The van der Waals surface area contributed by atoms with Crippen molar-refractivity contribution in [1.82, 2.24) is 4.90 Å². The third-order valence-electron chi connectivity index (χ3n) is 2.76. The highest BCUT2D eigenvalue weighted by Crippen LogP contribution is 2.06. The van der Waals surface area contributed by atoms with Crippen molar-refractivity contribution in [2.75, 3.05) is 13.1 Å². The van der Waals surface area contributed by atoms with E-state index < -0.39 is 0 Å². The maximum atomic E-state index is 11.9. The van der Waals surface area contributed by atoms with Crippen LogP contribution in [-0.2, 0) is 11.3 Å². The van der Waals surface area contributed by atoms with Crippen LogP contribution in [0.2, 0.25) is 0 Å². The lowest BCUT2D eigenvalue weighted by atomic mass is 10.2. The predicted octanol–water partition coefficient (Wildman–Crippen LogP) is 3.47. The maximum Gasteiger partial charge on any atom is 0.410 e. The normalized spacial score (nSPS) is 11.7. The van der Waals surface area contributed by atoms with E-state index in [1.54, 1.807) is 4.90 Å². The first-order valence-electron chi connectivity index (χ1n) is 6.25. The van der Waals surface area contributed by atoms with Gasteiger partial charge >= 0.3 is 6.09 Å². The molecule has 0 heterocycles. The molecule has 18 heavy (non-hydrogen) atoms. The first kappa shape index (κ1) is 14.3. The van der Waals surface area contributed by atoms with Gasteiger partial charge in [0.25, 0.3) is 0 Å². The molecule has 1 amide bonds. The molecular weight excluding hydrogens is 226 g/mol. The van der Waals surface area contributed by atoms with Gasteiger partial charge in [0.2, 0.25) is 0 Å². The van der Waals surface area contributed by atoms with E-state index in [0.717, 1.165) is 5.56 Å². The van der Waals surface area contributed by atoms with E-state index in [0.29, 0.717) is 19.7 Å². The number of rotatable bonds is 6. The van der Waals surface area contributed by atoms with Crippen molar-refractivity contribution in [3.05, 3.63) is 48.6 Å². The number of carbonyl (C=O) groups is 1.